The van der Waals surface area contributed by atoms with Gasteiger partial charge in [0, 0.05) is 16.9 Å². The second-order valence-corrected chi connectivity index (χ2v) is 5.55. The molecule has 0 aliphatic carbocycles. The molecule has 1 aromatic carbocycles. The number of carbonyl (C=O) groups excluding carboxylic acids is 2. The van der Waals surface area contributed by atoms with Crippen molar-refractivity contribution in [2.75, 3.05) is 0 Å². The molecule has 2 aromatic rings. The van der Waals surface area contributed by atoms with Gasteiger partial charge in [-0.2, -0.15) is 0 Å². The molecule has 0 aliphatic heterocycles. The molecule has 0 aliphatic rings. The lowest BCUT2D eigenvalue weighted by molar-refractivity contribution is 0.0994. The molecule has 0 spiro atoms. The monoisotopic (exact) mass is 258 g/mol. The Hall–Kier alpha value is -1.74. The first kappa shape index (κ1) is 12.7. The summed E-state index contributed by atoms with van der Waals surface area (Å²) in [4.78, 5) is 25.1. The number of ketones is 2. The third-order valence-electron chi connectivity index (χ3n) is 2.74. The van der Waals surface area contributed by atoms with Crippen molar-refractivity contribution in [1.82, 2.24) is 0 Å². The molecule has 0 saturated carbocycles. The van der Waals surface area contributed by atoms with Crippen LogP contribution in [-0.4, -0.2) is 11.6 Å². The number of hydrogen-bond acceptors (Lipinski definition) is 3. The van der Waals surface area contributed by atoms with Crippen LogP contribution in [0.15, 0.2) is 36.4 Å². The van der Waals surface area contributed by atoms with E-state index >= 15 is 0 Å². The molecule has 0 radical (unpaired) electrons. The number of hydrogen-bond donors (Lipinski definition) is 0. The molecule has 0 unspecified atom stereocenters. The van der Waals surface area contributed by atoms with Gasteiger partial charge in [0.25, 0.3) is 0 Å². The van der Waals surface area contributed by atoms with Crippen molar-refractivity contribution in [2.24, 2.45) is 0 Å². The second kappa shape index (κ2) is 5.27. The summed E-state index contributed by atoms with van der Waals surface area (Å²) in [5, 5.41) is 0. The predicted molar refractivity (Wildman–Crippen MR) is 73.5 cm³/mol. The van der Waals surface area contributed by atoms with Crippen LogP contribution in [0.5, 0.6) is 0 Å². The van der Waals surface area contributed by atoms with Crippen molar-refractivity contribution in [2.45, 2.75) is 20.3 Å². The Morgan fingerprint density at radius 1 is 1.06 bits per heavy atom. The third-order valence-corrected chi connectivity index (χ3v) is 3.78. The second-order valence-electron chi connectivity index (χ2n) is 4.26. The summed E-state index contributed by atoms with van der Waals surface area (Å²) in [7, 11) is 0. The smallest absolute Gasteiger partial charge is 0.177 e. The fourth-order valence-corrected chi connectivity index (χ4v) is 2.52. The van der Waals surface area contributed by atoms with Crippen LogP contribution >= 0.6 is 11.3 Å². The maximum atomic E-state index is 12.0. The molecule has 1 heterocycles. The summed E-state index contributed by atoms with van der Waals surface area (Å²) in [6.07, 6.45) is 0.387. The first-order valence-corrected chi connectivity index (χ1v) is 6.57. The lowest BCUT2D eigenvalue weighted by Gasteiger charge is -2.01. The zero-order valence-corrected chi connectivity index (χ0v) is 11.2. The van der Waals surface area contributed by atoms with Crippen LogP contribution in [0.2, 0.25) is 0 Å². The highest BCUT2D eigenvalue weighted by Crippen LogP contribution is 2.17. The summed E-state index contributed by atoms with van der Waals surface area (Å²) in [5.41, 5.74) is 1.62. The van der Waals surface area contributed by atoms with Gasteiger partial charge in [-0.15, -0.1) is 11.3 Å². The molecule has 0 saturated heterocycles. The van der Waals surface area contributed by atoms with Gasteiger partial charge in [0.15, 0.2) is 11.6 Å². The summed E-state index contributed by atoms with van der Waals surface area (Å²) in [5.74, 6) is 0.172. The van der Waals surface area contributed by atoms with Gasteiger partial charge in [-0.1, -0.05) is 24.3 Å². The number of Topliss-reactive ketones (excluding diaryl/α,β-unsaturated/α-hetero) is 2. The Morgan fingerprint density at radius 2 is 1.72 bits per heavy atom. The zero-order chi connectivity index (χ0) is 13.1. The Morgan fingerprint density at radius 3 is 2.22 bits per heavy atom. The van der Waals surface area contributed by atoms with E-state index in [0.717, 1.165) is 15.3 Å². The minimum Gasteiger partial charge on any atom is -0.295 e. The Labute approximate surface area is 110 Å². The molecule has 0 atom stereocenters. The minimum atomic E-state index is 0.0433. The highest BCUT2D eigenvalue weighted by molar-refractivity contribution is 7.14. The van der Waals surface area contributed by atoms with Gasteiger partial charge in [0.1, 0.15) is 0 Å². The van der Waals surface area contributed by atoms with E-state index in [1.165, 1.54) is 18.3 Å². The Balaban J connectivity index is 2.10. The summed E-state index contributed by atoms with van der Waals surface area (Å²) in [6.45, 7) is 3.53. The van der Waals surface area contributed by atoms with Gasteiger partial charge in [0.05, 0.1) is 4.88 Å². The number of carbonyl (C=O) groups is 2. The van der Waals surface area contributed by atoms with E-state index in [-0.39, 0.29) is 11.6 Å². The van der Waals surface area contributed by atoms with E-state index in [9.17, 15) is 9.59 Å². The normalized spacial score (nSPS) is 10.3. The van der Waals surface area contributed by atoms with Crippen molar-refractivity contribution in [3.63, 3.8) is 0 Å². The number of benzene rings is 1. The molecule has 0 bridgehead atoms. The first-order chi connectivity index (χ1) is 8.56. The quantitative estimate of drug-likeness (QED) is 0.784. The number of rotatable bonds is 4. The average molecular weight is 258 g/mol. The summed E-state index contributed by atoms with van der Waals surface area (Å²) < 4.78 is 0. The van der Waals surface area contributed by atoms with Gasteiger partial charge in [-0.3, -0.25) is 9.59 Å². The van der Waals surface area contributed by atoms with E-state index < -0.39 is 0 Å². The van der Waals surface area contributed by atoms with E-state index in [4.69, 9.17) is 0 Å². The van der Waals surface area contributed by atoms with Gasteiger partial charge < -0.3 is 0 Å². The molecule has 3 heteroatoms. The third kappa shape index (κ3) is 2.93. The molecular weight excluding hydrogens is 244 g/mol. The average Bonchev–Trinajstić information content (AvgIpc) is 2.76. The van der Waals surface area contributed by atoms with Crippen LogP contribution in [0, 0.1) is 6.92 Å². The van der Waals surface area contributed by atoms with E-state index in [2.05, 4.69) is 0 Å². The summed E-state index contributed by atoms with van der Waals surface area (Å²) in [6, 6.07) is 11.0. The van der Waals surface area contributed by atoms with Crippen LogP contribution in [0.25, 0.3) is 0 Å². The van der Waals surface area contributed by atoms with Gasteiger partial charge in [0.2, 0.25) is 0 Å². The van der Waals surface area contributed by atoms with Gasteiger partial charge in [-0.25, -0.2) is 0 Å². The van der Waals surface area contributed by atoms with Crippen molar-refractivity contribution in [1.29, 1.82) is 0 Å². The molecular formula is C15H14O2S. The van der Waals surface area contributed by atoms with Gasteiger partial charge >= 0.3 is 0 Å². The van der Waals surface area contributed by atoms with Crippen LogP contribution in [0.1, 0.15) is 37.4 Å². The standard InChI is InChI=1S/C15H14O2S/c1-10-3-8-15(18-10)14(17)9-12-4-6-13(7-5-12)11(2)16/h3-8H,9H2,1-2H3. The van der Waals surface area contributed by atoms with Crippen molar-refractivity contribution >= 4 is 22.9 Å². The van der Waals surface area contributed by atoms with Crippen LogP contribution in [-0.2, 0) is 6.42 Å². The van der Waals surface area contributed by atoms with Crippen LogP contribution < -0.4 is 0 Å². The molecule has 18 heavy (non-hydrogen) atoms. The maximum absolute atomic E-state index is 12.0. The lowest BCUT2D eigenvalue weighted by Crippen LogP contribution is -2.01. The molecule has 1 aromatic heterocycles. The van der Waals surface area contributed by atoms with E-state index in [0.29, 0.717) is 12.0 Å². The van der Waals surface area contributed by atoms with Crippen molar-refractivity contribution in [3.05, 3.63) is 57.3 Å². The van der Waals surface area contributed by atoms with Crippen LogP contribution in [0.4, 0.5) is 0 Å². The van der Waals surface area contributed by atoms with Crippen molar-refractivity contribution in [3.8, 4) is 0 Å². The predicted octanol–water partition coefficient (Wildman–Crippen LogP) is 3.68. The molecule has 2 nitrogen and oxygen atoms in total. The fourth-order valence-electron chi connectivity index (χ4n) is 1.71. The molecule has 0 N–H and O–H groups in total. The molecule has 92 valence electrons. The van der Waals surface area contributed by atoms with E-state index in [1.807, 2.05) is 31.2 Å². The number of thiophene rings is 1. The van der Waals surface area contributed by atoms with Crippen LogP contribution in [0.3, 0.4) is 0 Å². The van der Waals surface area contributed by atoms with Gasteiger partial charge in [-0.05, 0) is 31.5 Å². The highest BCUT2D eigenvalue weighted by atomic mass is 32.1. The molecule has 0 fully saturated rings. The Bertz CT molecular complexity index is 579. The SMILES string of the molecule is CC(=O)c1ccc(CC(=O)c2ccc(C)s2)cc1. The van der Waals surface area contributed by atoms with Crippen molar-refractivity contribution < 1.29 is 9.59 Å². The lowest BCUT2D eigenvalue weighted by atomic mass is 10.0. The highest BCUT2D eigenvalue weighted by Gasteiger charge is 2.09. The van der Waals surface area contributed by atoms with E-state index in [1.54, 1.807) is 12.1 Å². The topological polar surface area (TPSA) is 34.1 Å². The fraction of sp³-hybridized carbons (Fsp3) is 0.200. The number of aryl methyl sites for hydroxylation is 1. The largest absolute Gasteiger partial charge is 0.295 e. The summed E-state index contributed by atoms with van der Waals surface area (Å²) >= 11 is 1.52. The zero-order valence-electron chi connectivity index (χ0n) is 10.4. The minimum absolute atomic E-state index is 0.0433. The maximum Gasteiger partial charge on any atom is 0.177 e. The molecule has 0 amide bonds. The molecule has 2 rings (SSSR count). The Kier molecular flexibility index (Phi) is 3.72. The first-order valence-electron chi connectivity index (χ1n) is 5.76.